The third-order valence-corrected chi connectivity index (χ3v) is 5.38. The maximum atomic E-state index is 5.74. The van der Waals surface area contributed by atoms with Gasteiger partial charge in [0.1, 0.15) is 0 Å². The molecule has 4 heteroatoms. The number of hydrogen-bond donors (Lipinski definition) is 2. The first-order valence-corrected chi connectivity index (χ1v) is 10.3. The summed E-state index contributed by atoms with van der Waals surface area (Å²) in [6.45, 7) is 2.97. The van der Waals surface area contributed by atoms with Crippen LogP contribution in [-0.2, 0) is 12.8 Å². The Labute approximate surface area is 168 Å². The SMILES string of the molecule is CCCCc1cccc2c(CCCCN)c(-c3ccc(OC)c(OC)c3)[nH]c12. The lowest BCUT2D eigenvalue weighted by Gasteiger charge is -2.10. The van der Waals surface area contributed by atoms with Crippen LogP contribution < -0.4 is 15.2 Å². The monoisotopic (exact) mass is 380 g/mol. The highest BCUT2D eigenvalue weighted by Gasteiger charge is 2.16. The highest BCUT2D eigenvalue weighted by atomic mass is 16.5. The van der Waals surface area contributed by atoms with E-state index in [1.807, 2.05) is 6.07 Å². The Hall–Kier alpha value is -2.46. The van der Waals surface area contributed by atoms with Crippen molar-refractivity contribution in [3.8, 4) is 22.8 Å². The quantitative estimate of drug-likeness (QED) is 0.458. The summed E-state index contributed by atoms with van der Waals surface area (Å²) in [6, 6.07) is 12.8. The molecule has 0 unspecified atom stereocenters. The van der Waals surface area contributed by atoms with Crippen LogP contribution >= 0.6 is 0 Å². The smallest absolute Gasteiger partial charge is 0.161 e. The van der Waals surface area contributed by atoms with Crippen LogP contribution in [0.2, 0.25) is 0 Å². The summed E-state index contributed by atoms with van der Waals surface area (Å²) in [5.41, 5.74) is 12.1. The molecule has 0 radical (unpaired) electrons. The summed E-state index contributed by atoms with van der Waals surface area (Å²) in [5.74, 6) is 1.49. The highest BCUT2D eigenvalue weighted by Crippen LogP contribution is 2.37. The molecule has 0 aliphatic rings. The Morgan fingerprint density at radius 3 is 2.46 bits per heavy atom. The Bertz CT molecular complexity index is 914. The maximum absolute atomic E-state index is 5.74. The molecule has 3 N–H and O–H groups in total. The molecule has 4 nitrogen and oxygen atoms in total. The fourth-order valence-corrected chi connectivity index (χ4v) is 3.85. The van der Waals surface area contributed by atoms with Crippen LogP contribution in [0, 0.1) is 0 Å². The maximum Gasteiger partial charge on any atom is 0.161 e. The number of benzene rings is 2. The fraction of sp³-hybridized carbons (Fsp3) is 0.417. The number of rotatable bonds is 10. The highest BCUT2D eigenvalue weighted by molar-refractivity contribution is 5.93. The molecule has 28 heavy (non-hydrogen) atoms. The second kappa shape index (κ2) is 9.65. The average Bonchev–Trinajstić information content (AvgIpc) is 3.11. The van der Waals surface area contributed by atoms with Crippen molar-refractivity contribution < 1.29 is 9.47 Å². The molecule has 0 fully saturated rings. The Kier molecular flexibility index (Phi) is 6.99. The Balaban J connectivity index is 2.12. The molecule has 0 saturated heterocycles. The lowest BCUT2D eigenvalue weighted by Crippen LogP contribution is -1.99. The number of fused-ring (bicyclic) bond motifs is 1. The molecule has 3 aromatic rings. The van der Waals surface area contributed by atoms with Gasteiger partial charge in [0.15, 0.2) is 11.5 Å². The zero-order valence-electron chi connectivity index (χ0n) is 17.3. The number of aromatic nitrogens is 1. The lowest BCUT2D eigenvalue weighted by molar-refractivity contribution is 0.355. The van der Waals surface area contributed by atoms with Crippen molar-refractivity contribution in [2.45, 2.75) is 45.4 Å². The summed E-state index contributed by atoms with van der Waals surface area (Å²) in [6.07, 6.45) is 6.63. The van der Waals surface area contributed by atoms with Crippen molar-refractivity contribution >= 4 is 10.9 Å². The first-order valence-electron chi connectivity index (χ1n) is 10.3. The second-order valence-electron chi connectivity index (χ2n) is 7.24. The molecular weight excluding hydrogens is 348 g/mol. The van der Waals surface area contributed by atoms with Crippen LogP contribution in [0.25, 0.3) is 22.2 Å². The molecule has 2 aromatic carbocycles. The van der Waals surface area contributed by atoms with E-state index in [-0.39, 0.29) is 0 Å². The van der Waals surface area contributed by atoms with Crippen LogP contribution in [0.15, 0.2) is 36.4 Å². The minimum atomic E-state index is 0.732. The number of aromatic amines is 1. The van der Waals surface area contributed by atoms with Crippen molar-refractivity contribution in [1.29, 1.82) is 0 Å². The zero-order valence-corrected chi connectivity index (χ0v) is 17.3. The molecule has 3 rings (SSSR count). The third kappa shape index (κ3) is 4.17. The molecule has 0 aliphatic carbocycles. The molecule has 0 amide bonds. The van der Waals surface area contributed by atoms with E-state index in [9.17, 15) is 0 Å². The first kappa shape index (κ1) is 20.3. The van der Waals surface area contributed by atoms with Crippen LogP contribution in [0.1, 0.15) is 43.7 Å². The van der Waals surface area contributed by atoms with Crippen molar-refractivity contribution in [1.82, 2.24) is 4.98 Å². The van der Waals surface area contributed by atoms with E-state index in [1.165, 1.54) is 40.6 Å². The number of methoxy groups -OCH3 is 2. The molecule has 0 saturated carbocycles. The van der Waals surface area contributed by atoms with E-state index in [0.717, 1.165) is 49.3 Å². The minimum Gasteiger partial charge on any atom is -0.493 e. The van der Waals surface area contributed by atoms with Gasteiger partial charge in [0.25, 0.3) is 0 Å². The molecular formula is C24H32N2O2. The number of unbranched alkanes of at least 4 members (excludes halogenated alkanes) is 2. The van der Waals surface area contributed by atoms with Gasteiger partial charge in [0.05, 0.1) is 14.2 Å². The van der Waals surface area contributed by atoms with Crippen molar-refractivity contribution in [3.63, 3.8) is 0 Å². The summed E-state index contributed by atoms with van der Waals surface area (Å²) in [4.78, 5) is 3.75. The number of ether oxygens (including phenoxy) is 2. The third-order valence-electron chi connectivity index (χ3n) is 5.38. The van der Waals surface area contributed by atoms with E-state index < -0.39 is 0 Å². The summed E-state index contributed by atoms with van der Waals surface area (Å²) in [5, 5.41) is 1.33. The molecule has 0 bridgehead atoms. The predicted molar refractivity (Wildman–Crippen MR) is 117 cm³/mol. The normalized spacial score (nSPS) is 11.1. The van der Waals surface area contributed by atoms with Crippen LogP contribution in [-0.4, -0.2) is 25.7 Å². The van der Waals surface area contributed by atoms with Crippen molar-refractivity contribution in [2.75, 3.05) is 20.8 Å². The fourth-order valence-electron chi connectivity index (χ4n) is 3.85. The molecule has 0 atom stereocenters. The van der Waals surface area contributed by atoms with Gasteiger partial charge in [-0.2, -0.15) is 0 Å². The molecule has 150 valence electrons. The van der Waals surface area contributed by atoms with E-state index in [1.54, 1.807) is 14.2 Å². The molecule has 1 aromatic heterocycles. The van der Waals surface area contributed by atoms with Gasteiger partial charge >= 0.3 is 0 Å². The number of para-hydroxylation sites is 1. The van der Waals surface area contributed by atoms with Gasteiger partial charge in [0.2, 0.25) is 0 Å². The predicted octanol–water partition coefficient (Wildman–Crippen LogP) is 5.48. The zero-order chi connectivity index (χ0) is 19.9. The molecule has 1 heterocycles. The van der Waals surface area contributed by atoms with Gasteiger partial charge in [-0.3, -0.25) is 0 Å². The number of aryl methyl sites for hydroxylation is 2. The van der Waals surface area contributed by atoms with Gasteiger partial charge in [-0.25, -0.2) is 0 Å². The Morgan fingerprint density at radius 1 is 0.929 bits per heavy atom. The number of nitrogens with two attached hydrogens (primary N) is 1. The largest absolute Gasteiger partial charge is 0.493 e. The molecule has 0 aliphatic heterocycles. The summed E-state index contributed by atoms with van der Waals surface area (Å²) in [7, 11) is 3.34. The summed E-state index contributed by atoms with van der Waals surface area (Å²) < 4.78 is 10.9. The standard InChI is InChI=1S/C24H32N2O2/c1-4-5-9-17-10-8-12-20-19(11-6-7-15-25)24(26-23(17)20)18-13-14-21(27-2)22(16-18)28-3/h8,10,12-14,16,26H,4-7,9,11,15,25H2,1-3H3. The lowest BCUT2D eigenvalue weighted by atomic mass is 9.98. The van der Waals surface area contributed by atoms with Gasteiger partial charge in [-0.05, 0) is 68.0 Å². The van der Waals surface area contributed by atoms with Gasteiger partial charge < -0.3 is 20.2 Å². The van der Waals surface area contributed by atoms with E-state index in [4.69, 9.17) is 15.2 Å². The van der Waals surface area contributed by atoms with Gasteiger partial charge in [0, 0.05) is 22.2 Å². The van der Waals surface area contributed by atoms with Gasteiger partial charge in [-0.1, -0.05) is 31.5 Å². The number of nitrogens with one attached hydrogen (secondary N) is 1. The average molecular weight is 381 g/mol. The van der Waals surface area contributed by atoms with Crippen molar-refractivity contribution in [2.24, 2.45) is 5.73 Å². The second-order valence-corrected chi connectivity index (χ2v) is 7.24. The van der Waals surface area contributed by atoms with Gasteiger partial charge in [-0.15, -0.1) is 0 Å². The summed E-state index contributed by atoms with van der Waals surface area (Å²) >= 11 is 0. The topological polar surface area (TPSA) is 60.3 Å². The van der Waals surface area contributed by atoms with Crippen LogP contribution in [0.4, 0.5) is 0 Å². The van der Waals surface area contributed by atoms with E-state index >= 15 is 0 Å². The van der Waals surface area contributed by atoms with E-state index in [0.29, 0.717) is 0 Å². The van der Waals surface area contributed by atoms with Crippen LogP contribution in [0.3, 0.4) is 0 Å². The van der Waals surface area contributed by atoms with Crippen LogP contribution in [0.5, 0.6) is 11.5 Å². The minimum absolute atomic E-state index is 0.732. The molecule has 0 spiro atoms. The number of H-pyrrole nitrogens is 1. The Morgan fingerprint density at radius 2 is 1.75 bits per heavy atom. The van der Waals surface area contributed by atoms with Crippen molar-refractivity contribution in [3.05, 3.63) is 47.5 Å². The van der Waals surface area contributed by atoms with E-state index in [2.05, 4.69) is 42.2 Å². The first-order chi connectivity index (χ1) is 13.7. The number of hydrogen-bond acceptors (Lipinski definition) is 3.